The third kappa shape index (κ3) is 5.95. The van der Waals surface area contributed by atoms with E-state index in [1.807, 2.05) is 36.4 Å². The number of hydrogen-bond donors (Lipinski definition) is 1. The molecule has 0 spiro atoms. The van der Waals surface area contributed by atoms with Crippen molar-refractivity contribution in [1.29, 1.82) is 0 Å². The summed E-state index contributed by atoms with van der Waals surface area (Å²) in [5.74, 6) is 1.19. The summed E-state index contributed by atoms with van der Waals surface area (Å²) in [4.78, 5) is 10.5. The molecule has 2 aromatic carbocycles. The molecule has 0 amide bonds. The van der Waals surface area contributed by atoms with Gasteiger partial charge < -0.3 is 14.6 Å². The number of ether oxygens (including phenoxy) is 2. The van der Waals surface area contributed by atoms with Crippen molar-refractivity contribution in [3.05, 3.63) is 48.5 Å². The number of rotatable bonds is 9. The van der Waals surface area contributed by atoms with Crippen LogP contribution in [0.3, 0.4) is 0 Å². The van der Waals surface area contributed by atoms with E-state index < -0.39 is 6.16 Å². The lowest BCUT2D eigenvalue weighted by Crippen LogP contribution is -2.02. The predicted molar refractivity (Wildman–Crippen MR) is 94.8 cm³/mol. The zero-order valence-corrected chi connectivity index (χ0v) is 14.0. The highest BCUT2D eigenvalue weighted by Crippen LogP contribution is 2.24. The van der Waals surface area contributed by atoms with Crippen LogP contribution in [0.15, 0.2) is 48.5 Å². The Morgan fingerprint density at radius 2 is 1.38 bits per heavy atom. The van der Waals surface area contributed by atoms with Crippen LogP contribution in [0.25, 0.3) is 11.1 Å². The van der Waals surface area contributed by atoms with Crippen LogP contribution in [0.5, 0.6) is 11.5 Å². The Labute approximate surface area is 143 Å². The van der Waals surface area contributed by atoms with Crippen molar-refractivity contribution in [3.8, 4) is 22.6 Å². The van der Waals surface area contributed by atoms with Crippen molar-refractivity contribution >= 4 is 6.16 Å². The van der Waals surface area contributed by atoms with E-state index in [0.29, 0.717) is 5.75 Å². The highest BCUT2D eigenvalue weighted by molar-refractivity contribution is 5.66. The van der Waals surface area contributed by atoms with Gasteiger partial charge in [-0.1, -0.05) is 56.9 Å². The fourth-order valence-electron chi connectivity index (χ4n) is 2.46. The topological polar surface area (TPSA) is 55.8 Å². The van der Waals surface area contributed by atoms with E-state index in [4.69, 9.17) is 9.84 Å². The molecule has 0 radical (unpaired) electrons. The van der Waals surface area contributed by atoms with Crippen LogP contribution in [0.2, 0.25) is 0 Å². The molecule has 0 saturated heterocycles. The van der Waals surface area contributed by atoms with Gasteiger partial charge >= 0.3 is 6.16 Å². The Kier molecular flexibility index (Phi) is 7.15. The van der Waals surface area contributed by atoms with E-state index in [-0.39, 0.29) is 0 Å². The Hall–Kier alpha value is -2.49. The van der Waals surface area contributed by atoms with Crippen LogP contribution < -0.4 is 9.47 Å². The van der Waals surface area contributed by atoms with Gasteiger partial charge in [0.25, 0.3) is 0 Å². The number of unbranched alkanes of at least 4 members (excludes halogenated alkanes) is 4. The van der Waals surface area contributed by atoms with Gasteiger partial charge in [0.05, 0.1) is 6.61 Å². The first-order valence-corrected chi connectivity index (χ1v) is 8.43. The summed E-state index contributed by atoms with van der Waals surface area (Å²) in [5.41, 5.74) is 2.05. The van der Waals surface area contributed by atoms with Gasteiger partial charge in [0, 0.05) is 0 Å². The van der Waals surface area contributed by atoms with Gasteiger partial charge in [-0.2, -0.15) is 0 Å². The lowest BCUT2D eigenvalue weighted by Gasteiger charge is -2.08. The second-order valence-electron chi connectivity index (χ2n) is 5.68. The molecule has 24 heavy (non-hydrogen) atoms. The van der Waals surface area contributed by atoms with Gasteiger partial charge in [-0.25, -0.2) is 4.79 Å². The molecule has 0 bridgehead atoms. The molecule has 0 fully saturated rings. The minimum atomic E-state index is -1.31. The van der Waals surface area contributed by atoms with Gasteiger partial charge in [-0.3, -0.25) is 0 Å². The second-order valence-corrected chi connectivity index (χ2v) is 5.68. The maximum atomic E-state index is 10.5. The second kappa shape index (κ2) is 9.60. The summed E-state index contributed by atoms with van der Waals surface area (Å²) in [6.07, 6.45) is 4.83. The summed E-state index contributed by atoms with van der Waals surface area (Å²) >= 11 is 0. The molecule has 0 aliphatic carbocycles. The first kappa shape index (κ1) is 17.9. The average molecular weight is 328 g/mol. The summed E-state index contributed by atoms with van der Waals surface area (Å²) in [5, 5.41) is 8.58. The van der Waals surface area contributed by atoms with Gasteiger partial charge in [0.2, 0.25) is 0 Å². The summed E-state index contributed by atoms with van der Waals surface area (Å²) in [7, 11) is 0. The number of carbonyl (C=O) groups is 1. The summed E-state index contributed by atoms with van der Waals surface area (Å²) in [6, 6.07) is 14.9. The molecule has 0 aliphatic rings. The van der Waals surface area contributed by atoms with Gasteiger partial charge in [0.1, 0.15) is 11.5 Å². The Morgan fingerprint density at radius 1 is 0.833 bits per heavy atom. The lowest BCUT2D eigenvalue weighted by atomic mass is 10.1. The number of hydrogen-bond acceptors (Lipinski definition) is 3. The molecule has 1 N–H and O–H groups in total. The summed E-state index contributed by atoms with van der Waals surface area (Å²) in [6.45, 7) is 2.97. The van der Waals surface area contributed by atoms with E-state index >= 15 is 0 Å². The van der Waals surface area contributed by atoms with E-state index in [1.54, 1.807) is 12.1 Å². The normalized spacial score (nSPS) is 10.4. The van der Waals surface area contributed by atoms with E-state index in [1.165, 1.54) is 25.7 Å². The monoisotopic (exact) mass is 328 g/mol. The smallest absolute Gasteiger partial charge is 0.494 e. The van der Waals surface area contributed by atoms with E-state index in [0.717, 1.165) is 29.9 Å². The minimum absolute atomic E-state index is 0.314. The predicted octanol–water partition coefficient (Wildman–Crippen LogP) is 5.76. The SMILES string of the molecule is CCCCCCCOc1ccc(-c2ccc(OC(=O)O)cc2)cc1. The quantitative estimate of drug-likeness (QED) is 0.361. The van der Waals surface area contributed by atoms with Crippen molar-refractivity contribution in [1.82, 2.24) is 0 Å². The van der Waals surface area contributed by atoms with Gasteiger partial charge in [-0.05, 0) is 41.8 Å². The first-order chi connectivity index (χ1) is 11.7. The molecule has 0 aliphatic heterocycles. The molecular weight excluding hydrogens is 304 g/mol. The molecule has 4 heteroatoms. The fourth-order valence-corrected chi connectivity index (χ4v) is 2.46. The first-order valence-electron chi connectivity index (χ1n) is 8.43. The van der Waals surface area contributed by atoms with Crippen LogP contribution in [0.1, 0.15) is 39.0 Å². The van der Waals surface area contributed by atoms with Crippen molar-refractivity contribution in [2.45, 2.75) is 39.0 Å². The van der Waals surface area contributed by atoms with Crippen molar-refractivity contribution in [2.24, 2.45) is 0 Å². The molecule has 128 valence electrons. The van der Waals surface area contributed by atoms with Gasteiger partial charge in [-0.15, -0.1) is 0 Å². The summed E-state index contributed by atoms with van der Waals surface area (Å²) < 4.78 is 10.4. The van der Waals surface area contributed by atoms with Crippen LogP contribution in [-0.4, -0.2) is 17.9 Å². The van der Waals surface area contributed by atoms with Crippen LogP contribution >= 0.6 is 0 Å². The highest BCUT2D eigenvalue weighted by atomic mass is 16.7. The number of benzene rings is 2. The molecule has 2 rings (SSSR count). The average Bonchev–Trinajstić information content (AvgIpc) is 2.59. The molecule has 0 saturated carbocycles. The van der Waals surface area contributed by atoms with Crippen molar-refractivity contribution in [3.63, 3.8) is 0 Å². The Balaban J connectivity index is 1.84. The Bertz CT molecular complexity index is 617. The minimum Gasteiger partial charge on any atom is -0.494 e. The maximum Gasteiger partial charge on any atom is 0.511 e. The zero-order chi connectivity index (χ0) is 17.2. The molecule has 0 atom stereocenters. The largest absolute Gasteiger partial charge is 0.511 e. The standard InChI is InChI=1S/C20H24O4/c1-2-3-4-5-6-15-23-18-11-7-16(8-12-18)17-9-13-19(14-10-17)24-20(21)22/h7-14H,2-6,15H2,1H3,(H,21,22). The molecule has 0 heterocycles. The lowest BCUT2D eigenvalue weighted by molar-refractivity contribution is 0.144. The van der Waals surface area contributed by atoms with Crippen LogP contribution in [0.4, 0.5) is 4.79 Å². The number of carboxylic acid groups (broad SMARTS) is 1. The van der Waals surface area contributed by atoms with E-state index in [2.05, 4.69) is 11.7 Å². The molecule has 2 aromatic rings. The van der Waals surface area contributed by atoms with Gasteiger partial charge in [0.15, 0.2) is 0 Å². The molecule has 0 aromatic heterocycles. The third-order valence-corrected chi connectivity index (χ3v) is 3.76. The van der Waals surface area contributed by atoms with Crippen LogP contribution in [-0.2, 0) is 0 Å². The van der Waals surface area contributed by atoms with Crippen molar-refractivity contribution < 1.29 is 19.4 Å². The van der Waals surface area contributed by atoms with Crippen LogP contribution in [0, 0.1) is 0 Å². The Morgan fingerprint density at radius 3 is 1.92 bits per heavy atom. The molecule has 0 unspecified atom stereocenters. The highest BCUT2D eigenvalue weighted by Gasteiger charge is 2.03. The third-order valence-electron chi connectivity index (χ3n) is 3.76. The van der Waals surface area contributed by atoms with E-state index in [9.17, 15) is 4.79 Å². The maximum absolute atomic E-state index is 10.5. The van der Waals surface area contributed by atoms with Crippen molar-refractivity contribution in [2.75, 3.05) is 6.61 Å². The zero-order valence-electron chi connectivity index (χ0n) is 14.0. The fraction of sp³-hybridized carbons (Fsp3) is 0.350. The molecule has 4 nitrogen and oxygen atoms in total. The molecular formula is C20H24O4.